The zero-order chi connectivity index (χ0) is 20.8. The van der Waals surface area contributed by atoms with E-state index in [1.165, 1.54) is 6.07 Å². The van der Waals surface area contributed by atoms with Crippen molar-refractivity contribution in [2.75, 3.05) is 11.9 Å². The molecule has 0 bridgehead atoms. The van der Waals surface area contributed by atoms with E-state index in [2.05, 4.69) is 15.4 Å². The van der Waals surface area contributed by atoms with Crippen LogP contribution in [0.1, 0.15) is 30.2 Å². The predicted molar refractivity (Wildman–Crippen MR) is 107 cm³/mol. The fourth-order valence-electron chi connectivity index (χ4n) is 2.71. The molecule has 0 saturated carbocycles. The van der Waals surface area contributed by atoms with Crippen LogP contribution in [0.4, 0.5) is 5.69 Å². The first-order valence-electron chi connectivity index (χ1n) is 9.08. The van der Waals surface area contributed by atoms with Gasteiger partial charge in [0.2, 0.25) is 5.91 Å². The van der Waals surface area contributed by atoms with Gasteiger partial charge < -0.3 is 10.1 Å². The van der Waals surface area contributed by atoms with Gasteiger partial charge in [0.15, 0.2) is 0 Å². The Kier molecular flexibility index (Phi) is 6.13. The maximum absolute atomic E-state index is 12.8. The minimum absolute atomic E-state index is 0.221. The number of rotatable bonds is 6. The smallest absolute Gasteiger partial charge is 0.340 e. The Hall–Kier alpha value is -3.81. The zero-order valence-corrected chi connectivity index (χ0v) is 16.0. The molecule has 3 aromatic rings. The van der Waals surface area contributed by atoms with Gasteiger partial charge in [0, 0.05) is 24.0 Å². The summed E-state index contributed by atoms with van der Waals surface area (Å²) >= 11 is 0. The van der Waals surface area contributed by atoms with Crippen molar-refractivity contribution >= 4 is 17.6 Å². The largest absolute Gasteiger partial charge is 0.462 e. The number of ether oxygens (including phenoxy) is 1. The van der Waals surface area contributed by atoms with E-state index in [1.54, 1.807) is 68.7 Å². The molecule has 2 heterocycles. The molecule has 1 N–H and O–H groups in total. The third-order valence-corrected chi connectivity index (χ3v) is 4.23. The summed E-state index contributed by atoms with van der Waals surface area (Å²) in [6, 6.07) is 12.1. The molecular formula is C21H20N4O4. The first-order valence-corrected chi connectivity index (χ1v) is 9.08. The monoisotopic (exact) mass is 392 g/mol. The fourth-order valence-corrected chi connectivity index (χ4v) is 2.71. The van der Waals surface area contributed by atoms with E-state index in [-0.39, 0.29) is 12.2 Å². The number of esters is 1. The predicted octanol–water partition coefficient (Wildman–Crippen LogP) is 2.68. The van der Waals surface area contributed by atoms with Crippen molar-refractivity contribution in [3.8, 4) is 11.3 Å². The average Bonchev–Trinajstić information content (AvgIpc) is 2.74. The van der Waals surface area contributed by atoms with Crippen LogP contribution >= 0.6 is 0 Å². The fraction of sp³-hybridized carbons (Fsp3) is 0.190. The summed E-state index contributed by atoms with van der Waals surface area (Å²) in [5.74, 6) is -1.02. The van der Waals surface area contributed by atoms with Gasteiger partial charge in [-0.25, -0.2) is 9.48 Å². The van der Waals surface area contributed by atoms with Crippen LogP contribution in [-0.4, -0.2) is 33.2 Å². The topological polar surface area (TPSA) is 103 Å². The Morgan fingerprint density at radius 2 is 1.83 bits per heavy atom. The molecular weight excluding hydrogens is 372 g/mol. The maximum Gasteiger partial charge on any atom is 0.340 e. The lowest BCUT2D eigenvalue weighted by molar-refractivity contribution is -0.119. The van der Waals surface area contributed by atoms with E-state index in [4.69, 9.17) is 4.74 Å². The molecule has 0 aliphatic carbocycles. The Morgan fingerprint density at radius 1 is 1.10 bits per heavy atom. The van der Waals surface area contributed by atoms with Crippen molar-refractivity contribution < 1.29 is 14.3 Å². The van der Waals surface area contributed by atoms with Crippen molar-refractivity contribution in [3.05, 3.63) is 76.8 Å². The number of nitrogens with one attached hydrogen (secondary N) is 1. The molecule has 1 amide bonds. The molecule has 1 unspecified atom stereocenters. The molecule has 0 aliphatic rings. The second-order valence-corrected chi connectivity index (χ2v) is 6.17. The summed E-state index contributed by atoms with van der Waals surface area (Å²) in [6.07, 6.45) is 3.24. The SMILES string of the molecule is CCOC(=O)c1ccccc1NC(=O)C(C)n1nc(-c2ccncc2)ccc1=O. The lowest BCUT2D eigenvalue weighted by Gasteiger charge is -2.16. The minimum Gasteiger partial charge on any atom is -0.462 e. The molecule has 2 aromatic heterocycles. The van der Waals surface area contributed by atoms with Crippen LogP contribution in [0.25, 0.3) is 11.3 Å². The van der Waals surface area contributed by atoms with E-state index >= 15 is 0 Å². The van der Waals surface area contributed by atoms with E-state index < -0.39 is 23.5 Å². The highest BCUT2D eigenvalue weighted by Gasteiger charge is 2.21. The maximum atomic E-state index is 12.8. The van der Waals surface area contributed by atoms with Crippen LogP contribution in [-0.2, 0) is 9.53 Å². The number of hydrogen-bond donors (Lipinski definition) is 1. The molecule has 1 atom stereocenters. The molecule has 0 spiro atoms. The lowest BCUT2D eigenvalue weighted by atomic mass is 10.1. The normalized spacial score (nSPS) is 11.5. The van der Waals surface area contributed by atoms with Crippen LogP contribution < -0.4 is 10.9 Å². The first-order chi connectivity index (χ1) is 14.0. The highest BCUT2D eigenvalue weighted by Crippen LogP contribution is 2.19. The average molecular weight is 392 g/mol. The van der Waals surface area contributed by atoms with Crippen molar-refractivity contribution in [1.82, 2.24) is 14.8 Å². The third-order valence-electron chi connectivity index (χ3n) is 4.23. The number of hydrogen-bond acceptors (Lipinski definition) is 6. The number of aromatic nitrogens is 3. The van der Waals surface area contributed by atoms with Gasteiger partial charge in [-0.1, -0.05) is 12.1 Å². The van der Waals surface area contributed by atoms with Gasteiger partial charge in [-0.2, -0.15) is 5.10 Å². The van der Waals surface area contributed by atoms with E-state index in [1.807, 2.05) is 0 Å². The van der Waals surface area contributed by atoms with E-state index in [0.29, 0.717) is 11.4 Å². The summed E-state index contributed by atoms with van der Waals surface area (Å²) in [7, 11) is 0. The second kappa shape index (κ2) is 8.92. The van der Waals surface area contributed by atoms with Crippen LogP contribution in [0.2, 0.25) is 0 Å². The molecule has 1 aromatic carbocycles. The van der Waals surface area contributed by atoms with Gasteiger partial charge in [-0.05, 0) is 44.2 Å². The molecule has 0 fully saturated rings. The number of anilines is 1. The van der Waals surface area contributed by atoms with Gasteiger partial charge in [-0.3, -0.25) is 14.6 Å². The second-order valence-electron chi connectivity index (χ2n) is 6.17. The zero-order valence-electron chi connectivity index (χ0n) is 16.0. The van der Waals surface area contributed by atoms with Crippen molar-refractivity contribution in [2.45, 2.75) is 19.9 Å². The molecule has 0 radical (unpaired) electrons. The standard InChI is InChI=1S/C21H20N4O4/c1-3-29-21(28)16-6-4-5-7-18(16)23-20(27)14(2)25-19(26)9-8-17(24-25)15-10-12-22-13-11-15/h4-14H,3H2,1-2H3,(H,23,27). The van der Waals surface area contributed by atoms with Crippen LogP contribution in [0.3, 0.4) is 0 Å². The van der Waals surface area contributed by atoms with Crippen molar-refractivity contribution in [3.63, 3.8) is 0 Å². The summed E-state index contributed by atoms with van der Waals surface area (Å²) in [5, 5.41) is 7.00. The molecule has 29 heavy (non-hydrogen) atoms. The molecule has 8 nitrogen and oxygen atoms in total. The quantitative estimate of drug-likeness (QED) is 0.647. The molecule has 148 valence electrons. The lowest BCUT2D eigenvalue weighted by Crippen LogP contribution is -2.33. The summed E-state index contributed by atoms with van der Waals surface area (Å²) in [5.41, 5.74) is 1.44. The van der Waals surface area contributed by atoms with Gasteiger partial charge in [-0.15, -0.1) is 0 Å². The molecule has 0 aliphatic heterocycles. The van der Waals surface area contributed by atoms with Crippen molar-refractivity contribution in [2.24, 2.45) is 0 Å². The minimum atomic E-state index is -0.903. The Labute approximate surface area is 167 Å². The Bertz CT molecular complexity index is 1080. The van der Waals surface area contributed by atoms with Crippen LogP contribution in [0, 0.1) is 0 Å². The van der Waals surface area contributed by atoms with Crippen LogP contribution in [0.15, 0.2) is 65.7 Å². The van der Waals surface area contributed by atoms with Gasteiger partial charge in [0.25, 0.3) is 5.56 Å². The summed E-state index contributed by atoms with van der Waals surface area (Å²) < 4.78 is 6.13. The number of amides is 1. The van der Waals surface area contributed by atoms with Crippen molar-refractivity contribution in [1.29, 1.82) is 0 Å². The summed E-state index contributed by atoms with van der Waals surface area (Å²) in [6.45, 7) is 3.49. The van der Waals surface area contributed by atoms with E-state index in [0.717, 1.165) is 10.2 Å². The van der Waals surface area contributed by atoms with Gasteiger partial charge in [0.05, 0.1) is 23.6 Å². The van der Waals surface area contributed by atoms with Gasteiger partial charge >= 0.3 is 5.97 Å². The number of carbonyl (C=O) groups excluding carboxylic acids is 2. The first kappa shape index (κ1) is 19.9. The molecule has 3 rings (SSSR count). The molecule has 0 saturated heterocycles. The Balaban J connectivity index is 1.87. The molecule has 8 heteroatoms. The Morgan fingerprint density at radius 3 is 2.55 bits per heavy atom. The summed E-state index contributed by atoms with van der Waals surface area (Å²) in [4.78, 5) is 41.1. The third kappa shape index (κ3) is 4.55. The number of benzene rings is 1. The number of nitrogens with zero attached hydrogens (tertiary/aromatic N) is 3. The number of para-hydroxylation sites is 1. The number of pyridine rings is 1. The highest BCUT2D eigenvalue weighted by molar-refractivity contribution is 6.02. The van der Waals surface area contributed by atoms with Gasteiger partial charge in [0.1, 0.15) is 6.04 Å². The number of carbonyl (C=O) groups is 2. The van der Waals surface area contributed by atoms with Crippen LogP contribution in [0.5, 0.6) is 0 Å². The highest BCUT2D eigenvalue weighted by atomic mass is 16.5. The van der Waals surface area contributed by atoms with E-state index in [9.17, 15) is 14.4 Å².